The van der Waals surface area contributed by atoms with E-state index in [1.54, 1.807) is 31.3 Å². The van der Waals surface area contributed by atoms with E-state index in [1.165, 1.54) is 0 Å². The Morgan fingerprint density at radius 1 is 1.38 bits per heavy atom. The number of nitrogens with one attached hydrogen (secondary N) is 1. The van der Waals surface area contributed by atoms with E-state index >= 15 is 0 Å². The molecule has 1 unspecified atom stereocenters. The Labute approximate surface area is 76.8 Å². The smallest absolute Gasteiger partial charge is 0.187 e. The second-order valence-corrected chi connectivity index (χ2v) is 2.63. The quantitative estimate of drug-likeness (QED) is 0.417. The van der Waals surface area contributed by atoms with Gasteiger partial charge in [0.2, 0.25) is 0 Å². The van der Waals surface area contributed by atoms with Crippen molar-refractivity contribution in [3.8, 4) is 0 Å². The van der Waals surface area contributed by atoms with Crippen molar-refractivity contribution in [3.63, 3.8) is 0 Å². The molecule has 0 bridgehead atoms. The summed E-state index contributed by atoms with van der Waals surface area (Å²) in [4.78, 5) is 22.0. The summed E-state index contributed by atoms with van der Waals surface area (Å²) in [6.07, 6.45) is 0.606. The number of hydrogen-bond acceptors (Lipinski definition) is 3. The monoisotopic (exact) mass is 177 g/mol. The third-order valence-electron chi connectivity index (χ3n) is 1.79. The molecular weight excluding hydrogens is 166 g/mol. The van der Waals surface area contributed by atoms with Gasteiger partial charge in [-0.15, -0.1) is 0 Å². The molecule has 0 aliphatic heterocycles. The van der Waals surface area contributed by atoms with Crippen molar-refractivity contribution in [2.75, 3.05) is 7.05 Å². The van der Waals surface area contributed by atoms with Gasteiger partial charge in [-0.2, -0.15) is 0 Å². The van der Waals surface area contributed by atoms with Crippen LogP contribution in [0.1, 0.15) is 10.4 Å². The van der Waals surface area contributed by atoms with Crippen LogP contribution in [0.5, 0.6) is 0 Å². The summed E-state index contributed by atoms with van der Waals surface area (Å²) in [5.74, 6) is -0.196. The van der Waals surface area contributed by atoms with Crippen LogP contribution in [0.25, 0.3) is 0 Å². The molecule has 13 heavy (non-hydrogen) atoms. The third-order valence-corrected chi connectivity index (χ3v) is 1.79. The summed E-state index contributed by atoms with van der Waals surface area (Å²) in [6.45, 7) is 0. The number of hydrogen-bond donors (Lipinski definition) is 1. The molecule has 0 aromatic heterocycles. The number of aldehydes is 1. The maximum atomic E-state index is 11.5. The average Bonchev–Trinajstić information content (AvgIpc) is 2.21. The number of rotatable bonds is 4. The second-order valence-electron chi connectivity index (χ2n) is 2.63. The molecule has 1 atom stereocenters. The van der Waals surface area contributed by atoms with Crippen LogP contribution in [-0.2, 0) is 4.79 Å². The Balaban J connectivity index is 2.84. The molecule has 0 aliphatic carbocycles. The zero-order valence-corrected chi connectivity index (χ0v) is 7.36. The summed E-state index contributed by atoms with van der Waals surface area (Å²) in [5, 5.41) is 2.63. The molecule has 0 saturated heterocycles. The van der Waals surface area contributed by atoms with Gasteiger partial charge in [0.25, 0.3) is 0 Å². The predicted molar refractivity (Wildman–Crippen MR) is 49.7 cm³/mol. The lowest BCUT2D eigenvalue weighted by molar-refractivity contribution is -0.108. The number of carbonyl (C=O) groups is 2. The summed E-state index contributed by atoms with van der Waals surface area (Å²) < 4.78 is 0. The highest BCUT2D eigenvalue weighted by atomic mass is 16.1. The SMILES string of the molecule is CNC(C=O)C(=O)c1ccccc1. The van der Waals surface area contributed by atoms with Gasteiger partial charge >= 0.3 is 0 Å². The maximum Gasteiger partial charge on any atom is 0.187 e. The molecule has 0 radical (unpaired) electrons. The van der Waals surface area contributed by atoms with Crippen molar-refractivity contribution in [1.29, 1.82) is 0 Å². The highest BCUT2D eigenvalue weighted by Gasteiger charge is 2.16. The van der Waals surface area contributed by atoms with Crippen molar-refractivity contribution in [2.45, 2.75) is 6.04 Å². The first-order valence-electron chi connectivity index (χ1n) is 4.01. The zero-order valence-electron chi connectivity index (χ0n) is 7.36. The molecule has 3 heteroatoms. The highest BCUT2D eigenvalue weighted by molar-refractivity contribution is 6.08. The molecule has 1 N–H and O–H groups in total. The van der Waals surface area contributed by atoms with E-state index in [4.69, 9.17) is 0 Å². The van der Waals surface area contributed by atoms with Gasteiger partial charge in [-0.3, -0.25) is 4.79 Å². The maximum absolute atomic E-state index is 11.5. The summed E-state index contributed by atoms with van der Waals surface area (Å²) in [5.41, 5.74) is 0.550. The molecule has 0 fully saturated rings. The Morgan fingerprint density at radius 3 is 2.46 bits per heavy atom. The standard InChI is InChI=1S/C10H11NO2/c1-11-9(7-12)10(13)8-5-3-2-4-6-8/h2-7,9,11H,1H3. The van der Waals surface area contributed by atoms with Crippen LogP contribution in [0.4, 0.5) is 0 Å². The minimum atomic E-state index is -0.734. The summed E-state index contributed by atoms with van der Waals surface area (Å²) in [7, 11) is 1.58. The fourth-order valence-electron chi connectivity index (χ4n) is 1.04. The Hall–Kier alpha value is -1.48. The van der Waals surface area contributed by atoms with Crippen molar-refractivity contribution in [1.82, 2.24) is 5.32 Å². The van der Waals surface area contributed by atoms with E-state index in [2.05, 4.69) is 5.32 Å². The Morgan fingerprint density at radius 2 is 2.00 bits per heavy atom. The molecule has 1 rings (SSSR count). The van der Waals surface area contributed by atoms with Crippen molar-refractivity contribution < 1.29 is 9.59 Å². The van der Waals surface area contributed by atoms with Gasteiger partial charge in [0.1, 0.15) is 12.3 Å². The van der Waals surface area contributed by atoms with Gasteiger partial charge in [-0.05, 0) is 7.05 Å². The topological polar surface area (TPSA) is 46.2 Å². The zero-order chi connectivity index (χ0) is 9.68. The van der Waals surface area contributed by atoms with Gasteiger partial charge in [0.15, 0.2) is 5.78 Å². The predicted octanol–water partition coefficient (Wildman–Crippen LogP) is 0.656. The van der Waals surface area contributed by atoms with E-state index in [0.29, 0.717) is 11.8 Å². The van der Waals surface area contributed by atoms with Crippen molar-refractivity contribution >= 4 is 12.1 Å². The normalized spacial score (nSPS) is 12.1. The van der Waals surface area contributed by atoms with Gasteiger partial charge in [-0.1, -0.05) is 30.3 Å². The van der Waals surface area contributed by atoms with Gasteiger partial charge in [0.05, 0.1) is 0 Å². The molecule has 1 aromatic rings. The Kier molecular flexibility index (Phi) is 3.34. The highest BCUT2D eigenvalue weighted by Crippen LogP contribution is 2.01. The van der Waals surface area contributed by atoms with Crippen LogP contribution >= 0.6 is 0 Å². The van der Waals surface area contributed by atoms with Crippen LogP contribution in [0.15, 0.2) is 30.3 Å². The van der Waals surface area contributed by atoms with Crippen LogP contribution in [-0.4, -0.2) is 25.2 Å². The lowest BCUT2D eigenvalue weighted by Crippen LogP contribution is -2.35. The molecule has 1 aromatic carbocycles. The fourth-order valence-corrected chi connectivity index (χ4v) is 1.04. The molecule has 0 saturated carbocycles. The molecule has 0 aliphatic rings. The van der Waals surface area contributed by atoms with E-state index in [0.717, 1.165) is 0 Å². The van der Waals surface area contributed by atoms with E-state index in [9.17, 15) is 9.59 Å². The summed E-state index contributed by atoms with van der Waals surface area (Å²) >= 11 is 0. The van der Waals surface area contributed by atoms with Crippen LogP contribution in [0.2, 0.25) is 0 Å². The van der Waals surface area contributed by atoms with Crippen molar-refractivity contribution in [2.24, 2.45) is 0 Å². The first kappa shape index (κ1) is 9.61. The third kappa shape index (κ3) is 2.23. The van der Waals surface area contributed by atoms with Crippen LogP contribution < -0.4 is 5.32 Å². The lowest BCUT2D eigenvalue weighted by atomic mass is 10.1. The fraction of sp³-hybridized carbons (Fsp3) is 0.200. The Bertz CT molecular complexity index is 295. The van der Waals surface area contributed by atoms with Crippen LogP contribution in [0, 0.1) is 0 Å². The second kappa shape index (κ2) is 4.52. The largest absolute Gasteiger partial charge is 0.304 e. The molecular formula is C10H11NO2. The van der Waals surface area contributed by atoms with E-state index < -0.39 is 6.04 Å². The summed E-state index contributed by atoms with van der Waals surface area (Å²) in [6, 6.07) is 8.01. The van der Waals surface area contributed by atoms with Gasteiger partial charge in [-0.25, -0.2) is 0 Å². The average molecular weight is 177 g/mol. The first-order valence-corrected chi connectivity index (χ1v) is 4.01. The number of Topliss-reactive ketones (excluding diaryl/α,β-unsaturated/α-hetero) is 1. The molecule has 3 nitrogen and oxygen atoms in total. The minimum Gasteiger partial charge on any atom is -0.304 e. The van der Waals surface area contributed by atoms with Gasteiger partial charge < -0.3 is 10.1 Å². The minimum absolute atomic E-state index is 0.196. The molecule has 68 valence electrons. The molecule has 0 amide bonds. The van der Waals surface area contributed by atoms with Crippen LogP contribution in [0.3, 0.4) is 0 Å². The van der Waals surface area contributed by atoms with E-state index in [1.807, 2.05) is 6.07 Å². The van der Waals surface area contributed by atoms with E-state index in [-0.39, 0.29) is 5.78 Å². The van der Waals surface area contributed by atoms with Crippen molar-refractivity contribution in [3.05, 3.63) is 35.9 Å². The van der Waals surface area contributed by atoms with Gasteiger partial charge in [0, 0.05) is 5.56 Å². The number of likely N-dealkylation sites (N-methyl/N-ethyl adjacent to an activating group) is 1. The first-order chi connectivity index (χ1) is 6.29. The number of carbonyl (C=O) groups excluding carboxylic acids is 2. The molecule has 0 spiro atoms. The number of benzene rings is 1. The lowest BCUT2D eigenvalue weighted by Gasteiger charge is -2.06. The molecule has 0 heterocycles. The number of ketones is 1.